The minimum atomic E-state index is -0.371. The molecule has 4 heteroatoms. The van der Waals surface area contributed by atoms with E-state index in [9.17, 15) is 9.59 Å². The fraction of sp³-hybridized carbons (Fsp3) is 0.300. The van der Waals surface area contributed by atoms with Crippen LogP contribution in [0.25, 0.3) is 0 Å². The Morgan fingerprint density at radius 1 is 0.917 bits per heavy atom. The third-order valence-corrected chi connectivity index (χ3v) is 3.71. The fourth-order valence-electron chi connectivity index (χ4n) is 2.21. The van der Waals surface area contributed by atoms with Crippen molar-refractivity contribution >= 4 is 11.9 Å². The number of benzene rings is 2. The largest absolute Gasteiger partial charge is 0.460 e. The molecule has 0 saturated carbocycles. The molecule has 0 saturated heterocycles. The van der Waals surface area contributed by atoms with E-state index in [1.54, 1.807) is 12.1 Å². The van der Waals surface area contributed by atoms with Crippen LogP contribution in [0.2, 0.25) is 0 Å². The second-order valence-corrected chi connectivity index (χ2v) is 5.84. The summed E-state index contributed by atoms with van der Waals surface area (Å²) in [5.41, 5.74) is 3.96. The summed E-state index contributed by atoms with van der Waals surface area (Å²) in [6.45, 7) is 4.49. The molecule has 0 aliphatic rings. The van der Waals surface area contributed by atoms with Gasteiger partial charge in [0.05, 0.1) is 12.1 Å². The summed E-state index contributed by atoms with van der Waals surface area (Å²) in [4.78, 5) is 23.6. The van der Waals surface area contributed by atoms with E-state index < -0.39 is 0 Å². The third-order valence-electron chi connectivity index (χ3n) is 3.71. The lowest BCUT2D eigenvalue weighted by molar-refractivity contribution is -0.121. The van der Waals surface area contributed by atoms with Crippen molar-refractivity contribution in [1.29, 1.82) is 0 Å². The number of nitrogens with one attached hydrogen (secondary N) is 1. The summed E-state index contributed by atoms with van der Waals surface area (Å²) >= 11 is 0. The van der Waals surface area contributed by atoms with Gasteiger partial charge in [0.15, 0.2) is 0 Å². The normalized spacial score (nSPS) is 10.2. The van der Waals surface area contributed by atoms with Gasteiger partial charge < -0.3 is 10.1 Å². The number of carbonyl (C=O) groups excluding carboxylic acids is 2. The van der Waals surface area contributed by atoms with Crippen LogP contribution in [-0.4, -0.2) is 25.0 Å². The molecule has 4 nitrogen and oxygen atoms in total. The molecule has 2 rings (SSSR count). The summed E-state index contributed by atoms with van der Waals surface area (Å²) in [5, 5.41) is 2.76. The van der Waals surface area contributed by atoms with Crippen molar-refractivity contribution in [2.75, 3.05) is 13.2 Å². The molecule has 0 aromatic heterocycles. The summed E-state index contributed by atoms with van der Waals surface area (Å²) in [6, 6.07) is 15.3. The Bertz CT molecular complexity index is 675. The van der Waals surface area contributed by atoms with Gasteiger partial charge in [-0.2, -0.15) is 0 Å². The van der Waals surface area contributed by atoms with E-state index in [0.29, 0.717) is 24.9 Å². The van der Waals surface area contributed by atoms with E-state index in [1.165, 1.54) is 5.56 Å². The highest BCUT2D eigenvalue weighted by Crippen LogP contribution is 2.06. The van der Waals surface area contributed by atoms with Crippen LogP contribution < -0.4 is 5.32 Å². The number of amides is 1. The number of esters is 1. The maximum Gasteiger partial charge on any atom is 0.338 e. The van der Waals surface area contributed by atoms with Crippen molar-refractivity contribution in [1.82, 2.24) is 5.32 Å². The van der Waals surface area contributed by atoms with E-state index in [0.717, 1.165) is 11.1 Å². The lowest BCUT2D eigenvalue weighted by atomic mass is 10.1. The van der Waals surface area contributed by atoms with Crippen LogP contribution in [0.3, 0.4) is 0 Å². The first kappa shape index (κ1) is 17.7. The van der Waals surface area contributed by atoms with Gasteiger partial charge in [-0.05, 0) is 38.0 Å². The zero-order chi connectivity index (χ0) is 17.4. The van der Waals surface area contributed by atoms with E-state index in [2.05, 4.69) is 5.32 Å². The number of rotatable bonds is 7. The van der Waals surface area contributed by atoms with Crippen LogP contribution in [-0.2, 0) is 16.0 Å². The van der Waals surface area contributed by atoms with Gasteiger partial charge in [-0.25, -0.2) is 4.79 Å². The first-order valence-corrected chi connectivity index (χ1v) is 8.10. The average molecular weight is 325 g/mol. The lowest BCUT2D eigenvalue weighted by Gasteiger charge is -2.07. The highest BCUT2D eigenvalue weighted by Gasteiger charge is 2.07. The summed E-state index contributed by atoms with van der Waals surface area (Å²) < 4.78 is 5.14. The molecule has 0 radical (unpaired) electrons. The quantitative estimate of drug-likeness (QED) is 0.628. The molecule has 0 aliphatic carbocycles. The number of carbonyl (C=O) groups is 2. The lowest BCUT2D eigenvalue weighted by Crippen LogP contribution is -2.28. The number of hydrogen-bond acceptors (Lipinski definition) is 3. The Morgan fingerprint density at radius 2 is 1.50 bits per heavy atom. The van der Waals surface area contributed by atoms with Crippen molar-refractivity contribution in [3.8, 4) is 0 Å². The van der Waals surface area contributed by atoms with Crippen molar-refractivity contribution in [3.05, 3.63) is 70.8 Å². The van der Waals surface area contributed by atoms with Gasteiger partial charge in [0.1, 0.15) is 6.61 Å². The third kappa shape index (κ3) is 5.88. The standard InChI is InChI=1S/C20H23NO3/c1-15-3-7-17(8-4-15)9-12-19(22)21-13-14-24-20(23)18-10-5-16(2)6-11-18/h3-8,10-11H,9,12-14H2,1-2H3,(H,21,22). The van der Waals surface area contributed by atoms with Gasteiger partial charge in [0.25, 0.3) is 0 Å². The minimum Gasteiger partial charge on any atom is -0.460 e. The fourth-order valence-corrected chi connectivity index (χ4v) is 2.21. The summed E-state index contributed by atoms with van der Waals surface area (Å²) in [7, 11) is 0. The molecule has 0 bridgehead atoms. The second kappa shape index (κ2) is 8.87. The van der Waals surface area contributed by atoms with Gasteiger partial charge in [0.2, 0.25) is 5.91 Å². The summed E-state index contributed by atoms with van der Waals surface area (Å²) in [5.74, 6) is -0.411. The molecule has 1 N–H and O–H groups in total. The smallest absolute Gasteiger partial charge is 0.338 e. The van der Waals surface area contributed by atoms with Crippen LogP contribution in [0, 0.1) is 13.8 Å². The number of hydrogen-bond donors (Lipinski definition) is 1. The van der Waals surface area contributed by atoms with E-state index in [4.69, 9.17) is 4.74 Å². The highest BCUT2D eigenvalue weighted by molar-refractivity contribution is 5.89. The van der Waals surface area contributed by atoms with Gasteiger partial charge >= 0.3 is 5.97 Å². The van der Waals surface area contributed by atoms with Gasteiger partial charge in [-0.3, -0.25) is 4.79 Å². The van der Waals surface area contributed by atoms with Crippen LogP contribution in [0.4, 0.5) is 0 Å². The Balaban J connectivity index is 1.63. The highest BCUT2D eigenvalue weighted by atomic mass is 16.5. The van der Waals surface area contributed by atoms with Gasteiger partial charge in [-0.1, -0.05) is 47.5 Å². The maximum absolute atomic E-state index is 11.8. The van der Waals surface area contributed by atoms with E-state index in [1.807, 2.05) is 50.2 Å². The molecule has 1 amide bonds. The monoisotopic (exact) mass is 325 g/mol. The van der Waals surface area contributed by atoms with Crippen molar-refractivity contribution in [2.24, 2.45) is 0 Å². The molecule has 126 valence electrons. The molecule has 0 unspecified atom stereocenters. The SMILES string of the molecule is Cc1ccc(CCC(=O)NCCOC(=O)c2ccc(C)cc2)cc1. The Morgan fingerprint density at radius 3 is 2.12 bits per heavy atom. The molecular formula is C20H23NO3. The molecule has 24 heavy (non-hydrogen) atoms. The molecule has 2 aromatic carbocycles. The van der Waals surface area contributed by atoms with Gasteiger partial charge in [0, 0.05) is 6.42 Å². The molecule has 0 fully saturated rings. The first-order chi connectivity index (χ1) is 11.5. The van der Waals surface area contributed by atoms with Crippen LogP contribution in [0.1, 0.15) is 33.5 Å². The van der Waals surface area contributed by atoms with Crippen molar-refractivity contribution in [2.45, 2.75) is 26.7 Å². The molecule has 2 aromatic rings. The molecule has 0 aliphatic heterocycles. The second-order valence-electron chi connectivity index (χ2n) is 5.84. The van der Waals surface area contributed by atoms with Crippen LogP contribution in [0.15, 0.2) is 48.5 Å². The Hall–Kier alpha value is -2.62. The minimum absolute atomic E-state index is 0.0399. The maximum atomic E-state index is 11.8. The molecule has 0 heterocycles. The zero-order valence-electron chi connectivity index (χ0n) is 14.2. The first-order valence-electron chi connectivity index (χ1n) is 8.10. The Kier molecular flexibility index (Phi) is 6.55. The van der Waals surface area contributed by atoms with Crippen LogP contribution >= 0.6 is 0 Å². The molecule has 0 spiro atoms. The number of aryl methyl sites for hydroxylation is 3. The molecule has 0 atom stereocenters. The van der Waals surface area contributed by atoms with Crippen LogP contribution in [0.5, 0.6) is 0 Å². The summed E-state index contributed by atoms with van der Waals surface area (Å²) in [6.07, 6.45) is 1.13. The predicted octanol–water partition coefficient (Wildman–Crippen LogP) is 3.21. The van der Waals surface area contributed by atoms with Crippen molar-refractivity contribution in [3.63, 3.8) is 0 Å². The van der Waals surface area contributed by atoms with Crippen molar-refractivity contribution < 1.29 is 14.3 Å². The van der Waals surface area contributed by atoms with E-state index >= 15 is 0 Å². The zero-order valence-corrected chi connectivity index (χ0v) is 14.2. The van der Waals surface area contributed by atoms with Gasteiger partial charge in [-0.15, -0.1) is 0 Å². The number of ether oxygens (including phenoxy) is 1. The predicted molar refractivity (Wildman–Crippen MR) is 94.0 cm³/mol. The average Bonchev–Trinajstić information content (AvgIpc) is 2.58. The van der Waals surface area contributed by atoms with E-state index in [-0.39, 0.29) is 18.5 Å². The Labute approximate surface area is 142 Å². The molecular weight excluding hydrogens is 302 g/mol. The topological polar surface area (TPSA) is 55.4 Å².